The molecule has 0 spiro atoms. The lowest BCUT2D eigenvalue weighted by molar-refractivity contribution is -0.144. The van der Waals surface area contributed by atoms with Gasteiger partial charge in [0.05, 0.1) is 66.8 Å². The average Bonchev–Trinajstić information content (AvgIpc) is 1.76. The van der Waals surface area contributed by atoms with Crippen molar-refractivity contribution in [2.45, 2.75) is 68.8 Å². The molecule has 1 aliphatic carbocycles. The first-order chi connectivity index (χ1) is 48.7. The van der Waals surface area contributed by atoms with Gasteiger partial charge in [-0.15, -0.1) is 22.7 Å². The van der Waals surface area contributed by atoms with Crippen molar-refractivity contribution >= 4 is 111 Å². The van der Waals surface area contributed by atoms with E-state index in [-0.39, 0.29) is 94.9 Å². The number of ether oxygens (including phenoxy) is 3. The van der Waals surface area contributed by atoms with Gasteiger partial charge in [-0.2, -0.15) is 0 Å². The lowest BCUT2D eigenvalue weighted by Crippen LogP contribution is -2.53. The van der Waals surface area contributed by atoms with Crippen LogP contribution in [0.15, 0.2) is 128 Å². The number of anilines is 3. The predicted molar refractivity (Wildman–Crippen MR) is 369 cm³/mol. The van der Waals surface area contributed by atoms with E-state index in [1.165, 1.54) is 95.2 Å². The minimum absolute atomic E-state index is 0.109. The highest BCUT2D eigenvalue weighted by Gasteiger charge is 2.46. The molecule has 9 heterocycles. The number of thiazole rings is 2. The van der Waals surface area contributed by atoms with Crippen LogP contribution >= 0.6 is 45.9 Å². The van der Waals surface area contributed by atoms with Gasteiger partial charge in [-0.1, -0.05) is 35.3 Å². The summed E-state index contributed by atoms with van der Waals surface area (Å²) in [5.74, 6) is -4.59. The number of nitrogens with zero attached hydrogens (tertiary/aromatic N) is 11. The van der Waals surface area contributed by atoms with Gasteiger partial charge >= 0.3 is 35.9 Å². The van der Waals surface area contributed by atoms with Crippen molar-refractivity contribution in [2.24, 2.45) is 21.8 Å². The van der Waals surface area contributed by atoms with E-state index < -0.39 is 65.1 Å². The third-order valence-corrected chi connectivity index (χ3v) is 21.7. The van der Waals surface area contributed by atoms with Crippen molar-refractivity contribution in [1.29, 1.82) is 0 Å². The number of halogens is 6. The summed E-state index contributed by atoms with van der Waals surface area (Å²) in [7, 11) is 2.55. The minimum atomic E-state index is -0.903. The lowest BCUT2D eigenvalue weighted by atomic mass is 9.87. The highest BCUT2D eigenvalue weighted by molar-refractivity contribution is 7.12. The van der Waals surface area contributed by atoms with Crippen molar-refractivity contribution < 1.29 is 70.8 Å². The fourth-order valence-corrected chi connectivity index (χ4v) is 16.0. The highest BCUT2D eigenvalue weighted by Crippen LogP contribution is 2.41. The summed E-state index contributed by atoms with van der Waals surface area (Å²) >= 11 is 15.7. The third-order valence-electron chi connectivity index (χ3n) is 19.5. The second kappa shape index (κ2) is 30.2. The molecule has 4 atom stereocenters. The van der Waals surface area contributed by atoms with Crippen molar-refractivity contribution in [3.63, 3.8) is 0 Å². The molecule has 6 fully saturated rings. The smallest absolute Gasteiger partial charge is 0.338 e. The fraction of sp³-hybridized carbons (Fsp3) is 0.391. The molecular weight excluding hydrogens is 1400 g/mol. The second-order valence-corrected chi connectivity index (χ2v) is 28.1. The summed E-state index contributed by atoms with van der Waals surface area (Å²) in [4.78, 5) is 107. The van der Waals surface area contributed by atoms with Gasteiger partial charge in [0, 0.05) is 146 Å². The molecule has 0 bridgehead atoms. The molecule has 101 heavy (non-hydrogen) atoms. The number of methoxy groups -OCH3 is 2. The van der Waals surface area contributed by atoms with Crippen molar-refractivity contribution in [1.82, 2.24) is 40.2 Å². The number of hydrogen-bond donors (Lipinski definition) is 4. The van der Waals surface area contributed by atoms with Crippen molar-refractivity contribution in [3.8, 4) is 5.75 Å². The number of aromatic nitrogens is 2. The quantitative estimate of drug-likeness (QED) is 0.0489. The molecule has 8 aliphatic rings. The van der Waals surface area contributed by atoms with Crippen LogP contribution in [-0.2, 0) is 28.7 Å². The Bertz CT molecular complexity index is 4330. The van der Waals surface area contributed by atoms with E-state index in [9.17, 15) is 47.8 Å². The van der Waals surface area contributed by atoms with Crippen LogP contribution in [0.25, 0.3) is 0 Å². The summed E-state index contributed by atoms with van der Waals surface area (Å²) in [6, 6.07) is 14.2. The third kappa shape index (κ3) is 15.0. The largest absolute Gasteiger partial charge is 0.490 e. The van der Waals surface area contributed by atoms with E-state index in [0.717, 1.165) is 0 Å². The Morgan fingerprint density at radius 1 is 0.574 bits per heavy atom. The zero-order valence-corrected chi connectivity index (χ0v) is 57.7. The van der Waals surface area contributed by atoms with Crippen LogP contribution in [-0.4, -0.2) is 198 Å². The lowest BCUT2D eigenvalue weighted by Gasteiger charge is -2.38. The molecule has 0 radical (unpaired) electrons. The van der Waals surface area contributed by atoms with Crippen LogP contribution in [0.2, 0.25) is 10.0 Å². The monoisotopic (exact) mass is 1470 g/mol. The van der Waals surface area contributed by atoms with Gasteiger partial charge in [0.2, 0.25) is 0 Å². The Morgan fingerprint density at radius 2 is 1.04 bits per heavy atom. The molecular formula is C69H69Cl2F4N13O11S2. The number of benzene rings is 4. The first-order valence-corrected chi connectivity index (χ1v) is 35.3. The Morgan fingerprint density at radius 3 is 1.47 bits per heavy atom. The number of fused-ring (bicyclic) bond motifs is 2. The first kappa shape index (κ1) is 70.2. The molecule has 2 aromatic heterocycles. The summed E-state index contributed by atoms with van der Waals surface area (Å²) in [6.45, 7) is 4.69. The van der Waals surface area contributed by atoms with Gasteiger partial charge in [-0.3, -0.25) is 39.2 Å². The number of carboxylic acid groups (broad SMARTS) is 2. The standard InChI is InChI=1S/C35H35ClF2N6O6S.C34H34ClF2N7O5S/c1-49-34(47)29-27(40-31(32-39-10-13-51-32)41-30(29)24-8-4-20(37)14-25(24)36)18-42-11-12-43-21(16-42)17-44(35(43)48)28-9-7-23(15-26(28)38)50-22-5-2-19(3-6-22)33(45)46;1-49-33(47)28-26(39-30(31-38-8-13-50-31)40-29(28)23-4-2-20(36)14-24(23)35)18-41-11-12-43-22(16-41)17-44(34(43)48)27-5-3-21(15-25(27)37)42-9-6-19(7-10-42)32(45)46/h4,7-10,13-15,19,21-22,30H,2-3,5-6,11-12,16-18H2,1H3,(H,40,41)(H,45,46);2-5,8,13-15,19,22,29H,6-7,9-12,16-18H2,1H3,(H,39,40)(H,45,46)/t19?,21-,22?,30-;22-,29-/m00/s1. The number of carbonyl (C=O) groups excluding carboxylic acids is 4. The first-order valence-electron chi connectivity index (χ1n) is 32.8. The molecule has 4 amide bonds. The number of amides is 4. The van der Waals surface area contributed by atoms with E-state index in [4.69, 9.17) is 47.4 Å². The van der Waals surface area contributed by atoms with Gasteiger partial charge in [0.1, 0.15) is 35.3 Å². The normalized spacial score (nSPS) is 22.8. The maximum absolute atomic E-state index is 15.6. The zero-order valence-electron chi connectivity index (χ0n) is 54.6. The van der Waals surface area contributed by atoms with E-state index in [1.54, 1.807) is 57.2 Å². The summed E-state index contributed by atoms with van der Waals surface area (Å²) in [5.41, 5.74) is 3.33. The number of piperidine rings is 1. The number of piperazine rings is 2. The molecule has 5 saturated heterocycles. The number of hydrogen-bond acceptors (Lipinski definition) is 20. The van der Waals surface area contributed by atoms with Crippen LogP contribution in [0, 0.1) is 35.1 Å². The van der Waals surface area contributed by atoms with Gasteiger partial charge in [0.25, 0.3) is 0 Å². The maximum Gasteiger partial charge on any atom is 0.338 e. The SMILES string of the molecule is COC(=O)C1=C(CN2CCN3C(=O)N(c4ccc(N5CCC(C(=O)O)CC5)cc4F)C[C@@H]3C2)NC(c2nccs2)=N[C@H]1c1ccc(F)cc1Cl.COC(=O)C1=C(CN2CCN3C(=O)N(c4ccc(OC5CCC(C(=O)O)CC5)cc4F)C[C@@H]3C2)NC(c2nccs2)=N[C@H]1c1ccc(F)cc1Cl. The van der Waals surface area contributed by atoms with Crippen LogP contribution in [0.5, 0.6) is 5.75 Å². The van der Waals surface area contributed by atoms with Crippen molar-refractivity contribution in [3.05, 3.63) is 173 Å². The topological polar surface area (TPSA) is 268 Å². The molecule has 6 aromatic rings. The number of carbonyl (C=O) groups is 6. The molecule has 4 aromatic carbocycles. The van der Waals surface area contributed by atoms with Crippen LogP contribution < -0.4 is 30.1 Å². The Kier molecular flexibility index (Phi) is 21.0. The molecule has 14 rings (SSSR count). The zero-order chi connectivity index (χ0) is 70.9. The number of rotatable bonds is 17. The number of aliphatic imine (C=N–C) groups is 2. The molecule has 530 valence electrons. The molecule has 7 aliphatic heterocycles. The number of carboxylic acids is 2. The van der Waals surface area contributed by atoms with Gasteiger partial charge < -0.3 is 49.8 Å². The number of nitrogens with one attached hydrogen (secondary N) is 2. The van der Waals surface area contributed by atoms with E-state index in [0.29, 0.717) is 147 Å². The van der Waals surface area contributed by atoms with E-state index >= 15 is 8.78 Å². The average molecular weight is 1470 g/mol. The number of aliphatic carboxylic acids is 2. The fourth-order valence-electron chi connectivity index (χ4n) is 14.3. The molecule has 32 heteroatoms. The van der Waals surface area contributed by atoms with Gasteiger partial charge in [-0.05, 0) is 93.1 Å². The molecule has 0 unspecified atom stereocenters. The minimum Gasteiger partial charge on any atom is -0.490 e. The molecule has 4 N–H and O–H groups in total. The summed E-state index contributed by atoms with van der Waals surface area (Å²) < 4.78 is 75.5. The molecule has 24 nitrogen and oxygen atoms in total. The summed E-state index contributed by atoms with van der Waals surface area (Å²) in [6.07, 6.45) is 6.25. The number of esters is 2. The van der Waals surface area contributed by atoms with Gasteiger partial charge in [-0.25, -0.2) is 46.7 Å². The Balaban J connectivity index is 0.000000181. The highest BCUT2D eigenvalue weighted by atomic mass is 35.5. The maximum atomic E-state index is 15.6. The number of urea groups is 2. The van der Waals surface area contributed by atoms with E-state index in [2.05, 4.69) is 30.4 Å². The van der Waals surface area contributed by atoms with E-state index in [1.807, 2.05) is 4.90 Å². The molecule has 1 saturated carbocycles. The van der Waals surface area contributed by atoms with Crippen molar-refractivity contribution in [2.75, 3.05) is 107 Å². The van der Waals surface area contributed by atoms with Crippen LogP contribution in [0.4, 0.5) is 44.2 Å². The van der Waals surface area contributed by atoms with Crippen LogP contribution in [0.3, 0.4) is 0 Å². The number of amidine groups is 2. The predicted octanol–water partition coefficient (Wildman–Crippen LogP) is 9.76. The summed E-state index contributed by atoms with van der Waals surface area (Å²) in [5, 5.41) is 30.1. The van der Waals surface area contributed by atoms with Gasteiger partial charge in [0.15, 0.2) is 27.5 Å². The van der Waals surface area contributed by atoms with Crippen LogP contribution in [0.1, 0.15) is 71.8 Å². The Labute approximate surface area is 595 Å². The Hall–Kier alpha value is -9.20. The second-order valence-electron chi connectivity index (χ2n) is 25.5.